The molecule has 1 aromatic rings. The van der Waals surface area contributed by atoms with E-state index in [1.54, 1.807) is 0 Å². The first-order chi connectivity index (χ1) is 8.32. The molecule has 0 bridgehead atoms. The van der Waals surface area contributed by atoms with Crippen LogP contribution >= 0.6 is 0 Å². The van der Waals surface area contributed by atoms with E-state index in [4.69, 9.17) is 0 Å². The number of fused-ring (bicyclic) bond motifs is 1. The van der Waals surface area contributed by atoms with Gasteiger partial charge in [0.15, 0.2) is 0 Å². The fraction of sp³-hybridized carbons (Fsp3) is 0.600. The molecule has 0 amide bonds. The smallest absolute Gasteiger partial charge is 0.0502 e. The van der Waals surface area contributed by atoms with Gasteiger partial charge in [0, 0.05) is 25.0 Å². The second-order valence-corrected chi connectivity index (χ2v) is 5.76. The van der Waals surface area contributed by atoms with Crippen LogP contribution in [0.1, 0.15) is 24.8 Å². The maximum atomic E-state index is 9.68. The second-order valence-electron chi connectivity index (χ2n) is 5.76. The molecule has 2 fully saturated rings. The summed E-state index contributed by atoms with van der Waals surface area (Å²) in [6.07, 6.45) is 3.84. The highest BCUT2D eigenvalue weighted by atomic mass is 16.3. The minimum absolute atomic E-state index is 0.231. The van der Waals surface area contributed by atoms with E-state index in [2.05, 4.69) is 35.2 Å². The van der Waals surface area contributed by atoms with Crippen LogP contribution < -0.4 is 0 Å². The van der Waals surface area contributed by atoms with E-state index in [9.17, 15) is 5.11 Å². The number of benzene rings is 1. The molecule has 1 aliphatic heterocycles. The summed E-state index contributed by atoms with van der Waals surface area (Å²) in [5.41, 5.74) is 1.62. The van der Waals surface area contributed by atoms with Crippen LogP contribution in [0, 0.1) is 11.3 Å². The lowest BCUT2D eigenvalue weighted by atomic mass is 9.82. The fourth-order valence-corrected chi connectivity index (χ4v) is 3.75. The molecule has 92 valence electrons. The molecule has 2 atom stereocenters. The van der Waals surface area contributed by atoms with E-state index in [0.717, 1.165) is 19.0 Å². The van der Waals surface area contributed by atoms with Gasteiger partial charge in [-0.15, -0.1) is 0 Å². The van der Waals surface area contributed by atoms with Crippen LogP contribution in [0.25, 0.3) is 0 Å². The summed E-state index contributed by atoms with van der Waals surface area (Å²) in [6.45, 7) is 3.68. The number of hydrogen-bond donors (Lipinski definition) is 1. The molecule has 2 heteroatoms. The van der Waals surface area contributed by atoms with Gasteiger partial charge >= 0.3 is 0 Å². The highest BCUT2D eigenvalue weighted by Gasteiger charge is 2.48. The molecule has 1 N–H and O–H groups in total. The van der Waals surface area contributed by atoms with Crippen LogP contribution in [-0.4, -0.2) is 29.7 Å². The van der Waals surface area contributed by atoms with E-state index in [1.165, 1.54) is 31.4 Å². The number of hydrogen-bond acceptors (Lipinski definition) is 2. The summed E-state index contributed by atoms with van der Waals surface area (Å²) in [5, 5.41) is 9.68. The lowest BCUT2D eigenvalue weighted by molar-refractivity contribution is 0.111. The normalized spacial score (nSPS) is 32.9. The summed E-state index contributed by atoms with van der Waals surface area (Å²) in [6, 6.07) is 10.7. The molecule has 3 rings (SSSR count). The maximum Gasteiger partial charge on any atom is 0.0502 e. The van der Waals surface area contributed by atoms with E-state index in [0.29, 0.717) is 6.61 Å². The lowest BCUT2D eigenvalue weighted by Gasteiger charge is -2.26. The molecular formula is C15H21NO. The zero-order valence-corrected chi connectivity index (χ0v) is 10.3. The molecule has 17 heavy (non-hydrogen) atoms. The lowest BCUT2D eigenvalue weighted by Crippen LogP contribution is -2.30. The molecule has 2 aliphatic rings. The van der Waals surface area contributed by atoms with Crippen molar-refractivity contribution in [3.63, 3.8) is 0 Å². The summed E-state index contributed by atoms with van der Waals surface area (Å²) >= 11 is 0. The van der Waals surface area contributed by atoms with Gasteiger partial charge in [0.05, 0.1) is 6.61 Å². The number of aliphatic hydroxyl groups excluding tert-OH is 1. The highest BCUT2D eigenvalue weighted by molar-refractivity contribution is 5.15. The van der Waals surface area contributed by atoms with Crippen molar-refractivity contribution in [1.82, 2.24) is 4.90 Å². The van der Waals surface area contributed by atoms with Gasteiger partial charge < -0.3 is 5.11 Å². The second kappa shape index (κ2) is 4.43. The van der Waals surface area contributed by atoms with Gasteiger partial charge in [0.2, 0.25) is 0 Å². The third kappa shape index (κ3) is 2.00. The SMILES string of the molecule is OC[C@]12CCCC1CN(Cc1ccccc1)C2. The summed E-state index contributed by atoms with van der Waals surface area (Å²) in [5.74, 6) is 0.733. The zero-order valence-electron chi connectivity index (χ0n) is 10.3. The molecule has 1 heterocycles. The first-order valence-electron chi connectivity index (χ1n) is 6.69. The summed E-state index contributed by atoms with van der Waals surface area (Å²) in [4.78, 5) is 2.52. The molecule has 1 saturated carbocycles. The third-order valence-electron chi connectivity index (χ3n) is 4.67. The largest absolute Gasteiger partial charge is 0.396 e. The Kier molecular flexibility index (Phi) is 2.93. The third-order valence-corrected chi connectivity index (χ3v) is 4.67. The van der Waals surface area contributed by atoms with Gasteiger partial charge in [-0.3, -0.25) is 4.90 Å². The number of aliphatic hydroxyl groups is 1. The van der Waals surface area contributed by atoms with Crippen LogP contribution in [0.5, 0.6) is 0 Å². The van der Waals surface area contributed by atoms with Gasteiger partial charge in [0.25, 0.3) is 0 Å². The van der Waals surface area contributed by atoms with Crippen LogP contribution in [0.3, 0.4) is 0 Å². The zero-order chi connectivity index (χ0) is 11.7. The van der Waals surface area contributed by atoms with Crippen molar-refractivity contribution >= 4 is 0 Å². The number of rotatable bonds is 3. The van der Waals surface area contributed by atoms with Crippen molar-refractivity contribution in [3.05, 3.63) is 35.9 Å². The molecule has 2 nitrogen and oxygen atoms in total. The quantitative estimate of drug-likeness (QED) is 0.862. The van der Waals surface area contributed by atoms with Crippen LogP contribution in [-0.2, 0) is 6.54 Å². The molecule has 1 saturated heterocycles. The predicted octanol–water partition coefficient (Wildman–Crippen LogP) is 2.28. The standard InChI is InChI=1S/C15H21NO/c17-12-15-8-4-7-14(15)10-16(11-15)9-13-5-2-1-3-6-13/h1-3,5-6,14,17H,4,7-12H2/t14?,15-/m1/s1. The van der Waals surface area contributed by atoms with Gasteiger partial charge in [0.1, 0.15) is 0 Å². The van der Waals surface area contributed by atoms with Crippen molar-refractivity contribution in [3.8, 4) is 0 Å². The Morgan fingerprint density at radius 2 is 2.12 bits per heavy atom. The Labute approximate surface area is 103 Å². The molecule has 1 aliphatic carbocycles. The topological polar surface area (TPSA) is 23.5 Å². The van der Waals surface area contributed by atoms with Gasteiger partial charge in [-0.05, 0) is 24.3 Å². The highest BCUT2D eigenvalue weighted by Crippen LogP contribution is 2.48. The number of likely N-dealkylation sites (tertiary alicyclic amines) is 1. The van der Waals surface area contributed by atoms with Crippen molar-refractivity contribution in [2.75, 3.05) is 19.7 Å². The molecule has 1 unspecified atom stereocenters. The van der Waals surface area contributed by atoms with E-state index in [-0.39, 0.29) is 5.41 Å². The fourth-order valence-electron chi connectivity index (χ4n) is 3.75. The van der Waals surface area contributed by atoms with E-state index >= 15 is 0 Å². The van der Waals surface area contributed by atoms with Gasteiger partial charge in [-0.25, -0.2) is 0 Å². The van der Waals surface area contributed by atoms with Crippen LogP contribution in [0.4, 0.5) is 0 Å². The van der Waals surface area contributed by atoms with Gasteiger partial charge in [-0.2, -0.15) is 0 Å². The van der Waals surface area contributed by atoms with Crippen molar-refractivity contribution in [1.29, 1.82) is 0 Å². The molecule has 0 radical (unpaired) electrons. The Morgan fingerprint density at radius 3 is 2.82 bits per heavy atom. The monoisotopic (exact) mass is 231 g/mol. The molecular weight excluding hydrogens is 210 g/mol. The molecule has 0 spiro atoms. The number of nitrogens with zero attached hydrogens (tertiary/aromatic N) is 1. The van der Waals surface area contributed by atoms with Gasteiger partial charge in [-0.1, -0.05) is 36.8 Å². The summed E-state index contributed by atoms with van der Waals surface area (Å²) in [7, 11) is 0. The van der Waals surface area contributed by atoms with Crippen molar-refractivity contribution < 1.29 is 5.11 Å². The van der Waals surface area contributed by atoms with Crippen LogP contribution in [0.2, 0.25) is 0 Å². The van der Waals surface area contributed by atoms with E-state index in [1.807, 2.05) is 0 Å². The van der Waals surface area contributed by atoms with Crippen molar-refractivity contribution in [2.24, 2.45) is 11.3 Å². The Hall–Kier alpha value is -0.860. The minimum Gasteiger partial charge on any atom is -0.396 e. The summed E-state index contributed by atoms with van der Waals surface area (Å²) < 4.78 is 0. The first kappa shape index (κ1) is 11.2. The molecule has 1 aromatic carbocycles. The predicted molar refractivity (Wildman–Crippen MR) is 68.6 cm³/mol. The van der Waals surface area contributed by atoms with E-state index < -0.39 is 0 Å². The average molecular weight is 231 g/mol. The molecule has 0 aromatic heterocycles. The Balaban J connectivity index is 1.68. The Bertz CT molecular complexity index is 378. The maximum absolute atomic E-state index is 9.68. The van der Waals surface area contributed by atoms with Crippen molar-refractivity contribution in [2.45, 2.75) is 25.8 Å². The first-order valence-corrected chi connectivity index (χ1v) is 6.69. The minimum atomic E-state index is 0.231. The average Bonchev–Trinajstić information content (AvgIpc) is 2.87. The van der Waals surface area contributed by atoms with Crippen LogP contribution in [0.15, 0.2) is 30.3 Å². The Morgan fingerprint density at radius 1 is 1.29 bits per heavy atom.